The third-order valence-corrected chi connectivity index (χ3v) is 6.41. The molecule has 0 spiro atoms. The predicted octanol–water partition coefficient (Wildman–Crippen LogP) is 2.48. The molecule has 1 atom stereocenters. The Hall–Kier alpha value is -0.570. The molecule has 5 aliphatic rings. The zero-order valence-corrected chi connectivity index (χ0v) is 12.3. The van der Waals surface area contributed by atoms with Crippen LogP contribution in [0.3, 0.4) is 0 Å². The van der Waals surface area contributed by atoms with Crippen LogP contribution >= 0.6 is 0 Å². The van der Waals surface area contributed by atoms with E-state index in [0.29, 0.717) is 18.4 Å². The summed E-state index contributed by atoms with van der Waals surface area (Å²) in [5.74, 6) is 3.29. The summed E-state index contributed by atoms with van der Waals surface area (Å²) < 4.78 is 0. The van der Waals surface area contributed by atoms with Crippen molar-refractivity contribution >= 4 is 5.91 Å². The van der Waals surface area contributed by atoms with Gasteiger partial charge in [-0.15, -0.1) is 0 Å². The highest BCUT2D eigenvalue weighted by molar-refractivity contribution is 5.83. The molecule has 0 radical (unpaired) electrons. The SMILES string of the molecule is O=C(NCCC(O)C1CC1)C12CC3CC(CC(C3)C1)C2. The molecule has 0 aromatic carbocycles. The van der Waals surface area contributed by atoms with E-state index in [9.17, 15) is 9.90 Å². The van der Waals surface area contributed by atoms with E-state index in [1.807, 2.05) is 0 Å². The van der Waals surface area contributed by atoms with E-state index in [0.717, 1.165) is 43.4 Å². The van der Waals surface area contributed by atoms with Gasteiger partial charge in [-0.2, -0.15) is 0 Å². The zero-order valence-electron chi connectivity index (χ0n) is 12.3. The lowest BCUT2D eigenvalue weighted by Crippen LogP contribution is -2.53. The van der Waals surface area contributed by atoms with E-state index in [-0.39, 0.29) is 11.5 Å². The molecule has 112 valence electrons. The minimum absolute atomic E-state index is 0.0285. The highest BCUT2D eigenvalue weighted by Gasteiger charge is 2.54. The summed E-state index contributed by atoms with van der Waals surface area (Å²) in [6.45, 7) is 0.665. The van der Waals surface area contributed by atoms with Crippen molar-refractivity contribution in [1.29, 1.82) is 0 Å². The van der Waals surface area contributed by atoms with Crippen LogP contribution in [-0.4, -0.2) is 23.7 Å². The third kappa shape index (κ3) is 2.28. The van der Waals surface area contributed by atoms with Crippen LogP contribution in [0.15, 0.2) is 0 Å². The fraction of sp³-hybridized carbons (Fsp3) is 0.941. The Morgan fingerprint density at radius 1 is 1.10 bits per heavy atom. The van der Waals surface area contributed by atoms with Gasteiger partial charge in [-0.05, 0) is 81.5 Å². The number of carbonyl (C=O) groups excluding carboxylic acids is 1. The molecule has 20 heavy (non-hydrogen) atoms. The topological polar surface area (TPSA) is 49.3 Å². The van der Waals surface area contributed by atoms with E-state index in [1.54, 1.807) is 0 Å². The average molecular weight is 277 g/mol. The first-order chi connectivity index (χ1) is 9.64. The Labute approximate surface area is 121 Å². The van der Waals surface area contributed by atoms with E-state index in [2.05, 4.69) is 5.32 Å². The van der Waals surface area contributed by atoms with Gasteiger partial charge in [0.2, 0.25) is 5.91 Å². The molecule has 0 saturated heterocycles. The van der Waals surface area contributed by atoms with Crippen LogP contribution in [0, 0.1) is 29.1 Å². The van der Waals surface area contributed by atoms with Crippen molar-refractivity contribution in [1.82, 2.24) is 5.32 Å². The quantitative estimate of drug-likeness (QED) is 0.811. The number of hydrogen-bond acceptors (Lipinski definition) is 2. The van der Waals surface area contributed by atoms with Crippen molar-refractivity contribution in [3.8, 4) is 0 Å². The smallest absolute Gasteiger partial charge is 0.226 e. The van der Waals surface area contributed by atoms with Gasteiger partial charge in [0.1, 0.15) is 0 Å². The molecular weight excluding hydrogens is 250 g/mol. The lowest BCUT2D eigenvalue weighted by molar-refractivity contribution is -0.146. The van der Waals surface area contributed by atoms with Gasteiger partial charge in [0, 0.05) is 12.0 Å². The molecule has 3 heteroatoms. The first kappa shape index (κ1) is 13.1. The summed E-state index contributed by atoms with van der Waals surface area (Å²) in [5, 5.41) is 13.0. The van der Waals surface area contributed by atoms with Crippen LogP contribution in [0.5, 0.6) is 0 Å². The standard InChI is InChI=1S/C17H27NO2/c19-15(14-1-2-14)3-4-18-16(20)17-8-11-5-12(9-17)7-13(6-11)10-17/h11-15,19H,1-10H2,(H,18,20). The van der Waals surface area contributed by atoms with E-state index < -0.39 is 0 Å². The summed E-state index contributed by atoms with van der Waals surface area (Å²) >= 11 is 0. The van der Waals surface area contributed by atoms with Gasteiger partial charge >= 0.3 is 0 Å². The summed E-state index contributed by atoms with van der Waals surface area (Å²) in [6, 6.07) is 0. The number of hydrogen-bond donors (Lipinski definition) is 2. The number of aliphatic hydroxyl groups is 1. The summed E-state index contributed by atoms with van der Waals surface area (Å²) in [5.41, 5.74) is -0.0285. The monoisotopic (exact) mass is 277 g/mol. The Bertz CT molecular complexity index is 367. The maximum Gasteiger partial charge on any atom is 0.226 e. The predicted molar refractivity (Wildman–Crippen MR) is 77.0 cm³/mol. The van der Waals surface area contributed by atoms with E-state index in [4.69, 9.17) is 0 Å². The van der Waals surface area contributed by atoms with Gasteiger partial charge in [-0.25, -0.2) is 0 Å². The van der Waals surface area contributed by atoms with Gasteiger partial charge in [-0.1, -0.05) is 0 Å². The molecule has 1 unspecified atom stereocenters. The van der Waals surface area contributed by atoms with Crippen molar-refractivity contribution in [3.05, 3.63) is 0 Å². The summed E-state index contributed by atoms with van der Waals surface area (Å²) in [6.07, 6.45) is 10.4. The summed E-state index contributed by atoms with van der Waals surface area (Å²) in [4.78, 5) is 12.7. The largest absolute Gasteiger partial charge is 0.393 e. The summed E-state index contributed by atoms with van der Waals surface area (Å²) in [7, 11) is 0. The molecule has 0 aromatic rings. The molecule has 5 fully saturated rings. The molecule has 4 bridgehead atoms. The molecule has 0 heterocycles. The Morgan fingerprint density at radius 2 is 1.65 bits per heavy atom. The first-order valence-electron chi connectivity index (χ1n) is 8.61. The number of carbonyl (C=O) groups is 1. The maximum atomic E-state index is 12.7. The number of amides is 1. The van der Waals surface area contributed by atoms with Gasteiger partial charge < -0.3 is 10.4 Å². The lowest BCUT2D eigenvalue weighted by Gasteiger charge is -2.55. The van der Waals surface area contributed by atoms with Gasteiger partial charge in [0.25, 0.3) is 0 Å². The minimum atomic E-state index is -0.188. The molecular formula is C17H27NO2. The van der Waals surface area contributed by atoms with Crippen LogP contribution < -0.4 is 5.32 Å². The van der Waals surface area contributed by atoms with Crippen molar-refractivity contribution in [3.63, 3.8) is 0 Å². The second-order valence-corrected chi connectivity index (χ2v) is 8.15. The van der Waals surface area contributed by atoms with E-state index >= 15 is 0 Å². The van der Waals surface area contributed by atoms with Crippen LogP contribution in [-0.2, 0) is 4.79 Å². The molecule has 5 rings (SSSR count). The first-order valence-corrected chi connectivity index (χ1v) is 8.61. The number of rotatable bonds is 5. The zero-order chi connectivity index (χ0) is 13.7. The Morgan fingerprint density at radius 3 is 2.15 bits per heavy atom. The third-order valence-electron chi connectivity index (χ3n) is 6.41. The second-order valence-electron chi connectivity index (χ2n) is 8.15. The second kappa shape index (κ2) is 4.72. The maximum absolute atomic E-state index is 12.7. The van der Waals surface area contributed by atoms with Crippen molar-refractivity contribution in [2.45, 2.75) is 63.9 Å². The van der Waals surface area contributed by atoms with Gasteiger partial charge in [-0.3, -0.25) is 4.79 Å². The normalized spacial score (nSPS) is 43.5. The van der Waals surface area contributed by atoms with Crippen molar-refractivity contribution in [2.75, 3.05) is 6.54 Å². The molecule has 1 amide bonds. The van der Waals surface area contributed by atoms with Crippen LogP contribution in [0.4, 0.5) is 0 Å². The average Bonchev–Trinajstić information content (AvgIpc) is 3.21. The van der Waals surface area contributed by atoms with E-state index in [1.165, 1.54) is 32.1 Å². The highest BCUT2D eigenvalue weighted by Crippen LogP contribution is 2.60. The highest BCUT2D eigenvalue weighted by atomic mass is 16.3. The molecule has 2 N–H and O–H groups in total. The fourth-order valence-electron chi connectivity index (χ4n) is 5.63. The fourth-order valence-corrected chi connectivity index (χ4v) is 5.63. The Balaban J connectivity index is 1.33. The van der Waals surface area contributed by atoms with Gasteiger partial charge in [0.05, 0.1) is 6.10 Å². The number of aliphatic hydroxyl groups excluding tert-OH is 1. The molecule has 5 aliphatic carbocycles. The van der Waals surface area contributed by atoms with Crippen LogP contribution in [0.2, 0.25) is 0 Å². The van der Waals surface area contributed by atoms with Crippen LogP contribution in [0.1, 0.15) is 57.8 Å². The number of nitrogens with one attached hydrogen (secondary N) is 1. The van der Waals surface area contributed by atoms with Crippen molar-refractivity contribution in [2.24, 2.45) is 29.1 Å². The van der Waals surface area contributed by atoms with Crippen molar-refractivity contribution < 1.29 is 9.90 Å². The molecule has 0 aliphatic heterocycles. The lowest BCUT2D eigenvalue weighted by atomic mass is 9.49. The van der Waals surface area contributed by atoms with Crippen LogP contribution in [0.25, 0.3) is 0 Å². The molecule has 5 saturated carbocycles. The minimum Gasteiger partial charge on any atom is -0.393 e. The molecule has 3 nitrogen and oxygen atoms in total. The molecule has 0 aromatic heterocycles. The van der Waals surface area contributed by atoms with Gasteiger partial charge in [0.15, 0.2) is 0 Å². The Kier molecular flexibility index (Phi) is 3.10.